The molecule has 2 saturated heterocycles. The summed E-state index contributed by atoms with van der Waals surface area (Å²) in [7, 11) is -2.84. The number of carbonyl (C=O) groups is 1. The zero-order valence-corrected chi connectivity index (χ0v) is 14.4. The maximum Gasteiger partial charge on any atom is 0.255 e. The topological polar surface area (TPSA) is 95.2 Å². The smallest absolute Gasteiger partial charge is 0.255 e. The Morgan fingerprint density at radius 1 is 1.26 bits per heavy atom. The van der Waals surface area contributed by atoms with Gasteiger partial charge in [0.15, 0.2) is 9.84 Å². The molecule has 7 nitrogen and oxygen atoms in total. The number of piperidine rings is 1. The Balaban J connectivity index is 1.53. The van der Waals surface area contributed by atoms with Crippen LogP contribution in [-0.4, -0.2) is 66.1 Å². The number of nitrogens with one attached hydrogen (secondary N) is 2. The van der Waals surface area contributed by atoms with E-state index in [0.717, 1.165) is 38.0 Å². The summed E-state index contributed by atoms with van der Waals surface area (Å²) in [5.41, 5.74) is 2.14. The van der Waals surface area contributed by atoms with Crippen molar-refractivity contribution in [2.24, 2.45) is 0 Å². The number of aryl methyl sites for hydroxylation is 2. The Labute approximate surface area is 136 Å². The second kappa shape index (κ2) is 6.24. The molecule has 23 heavy (non-hydrogen) atoms. The van der Waals surface area contributed by atoms with E-state index < -0.39 is 9.84 Å². The van der Waals surface area contributed by atoms with Crippen molar-refractivity contribution in [3.63, 3.8) is 0 Å². The van der Waals surface area contributed by atoms with Crippen molar-refractivity contribution in [3.05, 3.63) is 17.0 Å². The first-order valence-electron chi connectivity index (χ1n) is 8.12. The van der Waals surface area contributed by atoms with Crippen LogP contribution < -0.4 is 5.32 Å². The molecule has 0 aromatic carbocycles. The van der Waals surface area contributed by atoms with E-state index in [1.165, 1.54) is 0 Å². The molecular weight excluding hydrogens is 316 g/mol. The quantitative estimate of drug-likeness (QED) is 0.831. The van der Waals surface area contributed by atoms with Crippen LogP contribution in [0.2, 0.25) is 0 Å². The molecule has 1 atom stereocenters. The van der Waals surface area contributed by atoms with Gasteiger partial charge in [-0.2, -0.15) is 5.10 Å². The lowest BCUT2D eigenvalue weighted by Crippen LogP contribution is -2.48. The Hall–Kier alpha value is -1.41. The summed E-state index contributed by atoms with van der Waals surface area (Å²) in [4.78, 5) is 14.6. The van der Waals surface area contributed by atoms with Gasteiger partial charge in [0, 0.05) is 30.9 Å². The molecule has 0 spiro atoms. The van der Waals surface area contributed by atoms with Crippen molar-refractivity contribution in [2.75, 3.05) is 24.6 Å². The monoisotopic (exact) mass is 340 g/mol. The summed E-state index contributed by atoms with van der Waals surface area (Å²) in [5, 5.41) is 9.97. The van der Waals surface area contributed by atoms with Gasteiger partial charge in [-0.1, -0.05) is 0 Å². The molecule has 0 saturated carbocycles. The first-order valence-corrected chi connectivity index (χ1v) is 9.95. The summed E-state index contributed by atoms with van der Waals surface area (Å²) >= 11 is 0. The SMILES string of the molecule is Cc1n[nH]c(C)c1C(=O)NC1CCN([C@@H]2CCS(=O)(=O)C2)CC1. The molecule has 2 N–H and O–H groups in total. The fraction of sp³-hybridized carbons (Fsp3) is 0.733. The predicted octanol–water partition coefficient (Wildman–Crippen LogP) is 0.408. The second-order valence-electron chi connectivity index (χ2n) is 6.65. The van der Waals surface area contributed by atoms with Gasteiger partial charge in [-0.3, -0.25) is 14.8 Å². The summed E-state index contributed by atoms with van der Waals surface area (Å²) in [6.07, 6.45) is 2.46. The fourth-order valence-electron chi connectivity index (χ4n) is 3.62. The van der Waals surface area contributed by atoms with Crippen LogP contribution in [0.25, 0.3) is 0 Å². The van der Waals surface area contributed by atoms with Crippen LogP contribution in [-0.2, 0) is 9.84 Å². The number of rotatable bonds is 3. The third-order valence-corrected chi connectivity index (χ3v) is 6.70. The highest BCUT2D eigenvalue weighted by Gasteiger charge is 2.34. The molecular formula is C15H24N4O3S. The minimum absolute atomic E-state index is 0.0735. The number of aromatic amines is 1. The molecule has 2 aliphatic rings. The van der Waals surface area contributed by atoms with Gasteiger partial charge in [0.1, 0.15) is 0 Å². The minimum Gasteiger partial charge on any atom is -0.349 e. The van der Waals surface area contributed by atoms with E-state index in [2.05, 4.69) is 20.4 Å². The van der Waals surface area contributed by atoms with Crippen LogP contribution >= 0.6 is 0 Å². The highest BCUT2D eigenvalue weighted by atomic mass is 32.2. The molecule has 3 rings (SSSR count). The molecule has 1 aromatic rings. The van der Waals surface area contributed by atoms with E-state index in [-0.39, 0.29) is 23.7 Å². The molecule has 0 radical (unpaired) electrons. The molecule has 128 valence electrons. The third-order valence-electron chi connectivity index (χ3n) is 4.94. The first-order chi connectivity index (χ1) is 10.9. The summed E-state index contributed by atoms with van der Waals surface area (Å²) in [5.74, 6) is 0.529. The number of carbonyl (C=O) groups excluding carboxylic acids is 1. The highest BCUT2D eigenvalue weighted by molar-refractivity contribution is 7.91. The van der Waals surface area contributed by atoms with Gasteiger partial charge in [-0.05, 0) is 33.1 Å². The van der Waals surface area contributed by atoms with Gasteiger partial charge in [0.2, 0.25) is 0 Å². The number of hydrogen-bond donors (Lipinski definition) is 2. The van der Waals surface area contributed by atoms with Crippen molar-refractivity contribution in [2.45, 2.75) is 45.2 Å². The second-order valence-corrected chi connectivity index (χ2v) is 8.88. The predicted molar refractivity (Wildman–Crippen MR) is 87.2 cm³/mol. The third kappa shape index (κ3) is 3.58. The van der Waals surface area contributed by atoms with Crippen LogP contribution in [0.5, 0.6) is 0 Å². The molecule has 0 bridgehead atoms. The number of likely N-dealkylation sites (tertiary alicyclic amines) is 1. The molecule has 0 aliphatic carbocycles. The van der Waals surface area contributed by atoms with Crippen molar-refractivity contribution in [3.8, 4) is 0 Å². The van der Waals surface area contributed by atoms with Crippen LogP contribution in [0.3, 0.4) is 0 Å². The number of amides is 1. The van der Waals surface area contributed by atoms with E-state index in [4.69, 9.17) is 0 Å². The first kappa shape index (κ1) is 16.4. The number of H-pyrrole nitrogens is 1. The van der Waals surface area contributed by atoms with Crippen LogP contribution in [0.1, 0.15) is 41.0 Å². The van der Waals surface area contributed by atoms with E-state index >= 15 is 0 Å². The maximum absolute atomic E-state index is 12.4. The Morgan fingerprint density at radius 2 is 1.96 bits per heavy atom. The van der Waals surface area contributed by atoms with Crippen molar-refractivity contribution >= 4 is 15.7 Å². The number of aromatic nitrogens is 2. The molecule has 3 heterocycles. The average molecular weight is 340 g/mol. The normalized spacial score (nSPS) is 25.6. The zero-order chi connectivity index (χ0) is 16.6. The van der Waals surface area contributed by atoms with E-state index in [1.54, 1.807) is 0 Å². The van der Waals surface area contributed by atoms with Crippen LogP contribution in [0.4, 0.5) is 0 Å². The van der Waals surface area contributed by atoms with Crippen LogP contribution in [0, 0.1) is 13.8 Å². The molecule has 2 aliphatic heterocycles. The maximum atomic E-state index is 12.4. The molecule has 1 amide bonds. The molecule has 0 unspecified atom stereocenters. The van der Waals surface area contributed by atoms with Crippen molar-refractivity contribution < 1.29 is 13.2 Å². The number of sulfone groups is 1. The number of hydrogen-bond acceptors (Lipinski definition) is 5. The summed E-state index contributed by atoms with van der Waals surface area (Å²) in [6, 6.07) is 0.306. The molecule has 2 fully saturated rings. The summed E-state index contributed by atoms with van der Waals surface area (Å²) in [6.45, 7) is 5.35. The molecule has 8 heteroatoms. The summed E-state index contributed by atoms with van der Waals surface area (Å²) < 4.78 is 23.2. The lowest BCUT2D eigenvalue weighted by molar-refractivity contribution is 0.0897. The van der Waals surface area contributed by atoms with Gasteiger partial charge < -0.3 is 5.32 Å². The Morgan fingerprint density at radius 3 is 2.48 bits per heavy atom. The van der Waals surface area contributed by atoms with Gasteiger partial charge >= 0.3 is 0 Å². The minimum atomic E-state index is -2.84. The van der Waals surface area contributed by atoms with Crippen molar-refractivity contribution in [1.82, 2.24) is 20.4 Å². The average Bonchev–Trinajstić information content (AvgIpc) is 3.02. The van der Waals surface area contributed by atoms with Gasteiger partial charge in [-0.15, -0.1) is 0 Å². The highest BCUT2D eigenvalue weighted by Crippen LogP contribution is 2.22. The van der Waals surface area contributed by atoms with E-state index in [0.29, 0.717) is 17.0 Å². The fourth-order valence-corrected chi connectivity index (χ4v) is 5.38. The van der Waals surface area contributed by atoms with E-state index in [1.807, 2.05) is 13.8 Å². The lowest BCUT2D eigenvalue weighted by Gasteiger charge is -2.35. The van der Waals surface area contributed by atoms with Crippen LogP contribution in [0.15, 0.2) is 0 Å². The standard InChI is InChI=1S/C15H24N4O3S/c1-10-14(11(2)18-17-10)15(20)16-12-3-6-19(7-4-12)13-5-8-23(21,22)9-13/h12-13H,3-9H2,1-2H3,(H,16,20)(H,17,18)/t13-/m1/s1. The lowest BCUT2D eigenvalue weighted by atomic mass is 10.0. The Bertz CT molecular complexity index is 670. The zero-order valence-electron chi connectivity index (χ0n) is 13.6. The molecule has 1 aromatic heterocycles. The van der Waals surface area contributed by atoms with Gasteiger partial charge in [-0.25, -0.2) is 8.42 Å². The van der Waals surface area contributed by atoms with E-state index in [9.17, 15) is 13.2 Å². The largest absolute Gasteiger partial charge is 0.349 e. The van der Waals surface area contributed by atoms with Gasteiger partial charge in [0.25, 0.3) is 5.91 Å². The number of nitrogens with zero attached hydrogens (tertiary/aromatic N) is 2. The van der Waals surface area contributed by atoms with Gasteiger partial charge in [0.05, 0.1) is 22.8 Å². The Kier molecular flexibility index (Phi) is 4.46. The van der Waals surface area contributed by atoms with Crippen molar-refractivity contribution in [1.29, 1.82) is 0 Å².